The molecule has 1 aromatic carbocycles. The first-order chi connectivity index (χ1) is 8.47. The summed E-state index contributed by atoms with van der Waals surface area (Å²) in [7, 11) is 0. The summed E-state index contributed by atoms with van der Waals surface area (Å²) in [4.78, 5) is 8.30. The van der Waals surface area contributed by atoms with Gasteiger partial charge in [-0.25, -0.2) is 14.4 Å². The van der Waals surface area contributed by atoms with Crippen LogP contribution in [0, 0.1) is 26.6 Å². The van der Waals surface area contributed by atoms with Crippen molar-refractivity contribution in [3.8, 4) is 11.6 Å². The molecule has 1 heterocycles. The lowest BCUT2D eigenvalue weighted by Gasteiger charge is -2.10. The van der Waals surface area contributed by atoms with Gasteiger partial charge in [-0.05, 0) is 32.4 Å². The highest BCUT2D eigenvalue weighted by Gasteiger charge is 2.11. The Bertz CT molecular complexity index is 602. The molecule has 0 radical (unpaired) electrons. The molecule has 0 saturated carbocycles. The van der Waals surface area contributed by atoms with Crippen LogP contribution in [0.15, 0.2) is 18.2 Å². The Morgan fingerprint density at radius 2 is 1.78 bits per heavy atom. The largest absolute Gasteiger partial charge is 0.436 e. The van der Waals surface area contributed by atoms with Gasteiger partial charge in [0.05, 0.1) is 11.4 Å². The summed E-state index contributed by atoms with van der Waals surface area (Å²) in [5.74, 6) is 0.200. The van der Waals surface area contributed by atoms with E-state index in [1.54, 1.807) is 6.07 Å². The van der Waals surface area contributed by atoms with Gasteiger partial charge in [-0.3, -0.25) is 0 Å². The van der Waals surface area contributed by atoms with E-state index in [0.29, 0.717) is 5.75 Å². The van der Waals surface area contributed by atoms with E-state index in [9.17, 15) is 4.39 Å². The fourth-order valence-corrected chi connectivity index (χ4v) is 1.62. The summed E-state index contributed by atoms with van der Waals surface area (Å²) in [6.07, 6.45) is 0. The highest BCUT2D eigenvalue weighted by Crippen LogP contribution is 2.29. The van der Waals surface area contributed by atoms with Gasteiger partial charge >= 0.3 is 0 Å². The highest BCUT2D eigenvalue weighted by atomic mass is 35.5. The molecule has 3 nitrogen and oxygen atoms in total. The normalized spacial score (nSPS) is 10.5. The monoisotopic (exact) mass is 266 g/mol. The number of aromatic nitrogens is 2. The lowest BCUT2D eigenvalue weighted by Crippen LogP contribution is -1.98. The van der Waals surface area contributed by atoms with Gasteiger partial charge in [-0.1, -0.05) is 17.7 Å². The van der Waals surface area contributed by atoms with E-state index < -0.39 is 0 Å². The third-order valence-corrected chi connectivity index (χ3v) is 2.84. The number of nitrogens with zero attached hydrogens (tertiary/aromatic N) is 2. The first kappa shape index (κ1) is 12.8. The van der Waals surface area contributed by atoms with Crippen LogP contribution in [0.25, 0.3) is 0 Å². The molecule has 0 atom stereocenters. The third kappa shape index (κ3) is 2.59. The van der Waals surface area contributed by atoms with Crippen LogP contribution in [0.2, 0.25) is 5.15 Å². The molecule has 1 aromatic heterocycles. The van der Waals surface area contributed by atoms with Crippen molar-refractivity contribution in [2.45, 2.75) is 20.8 Å². The maximum atomic E-state index is 13.1. The average Bonchev–Trinajstić information content (AvgIpc) is 2.30. The minimum Gasteiger partial charge on any atom is -0.436 e. The van der Waals surface area contributed by atoms with Crippen molar-refractivity contribution in [3.05, 3.63) is 46.1 Å². The van der Waals surface area contributed by atoms with Crippen LogP contribution in [0.4, 0.5) is 4.39 Å². The van der Waals surface area contributed by atoms with Gasteiger partial charge in [0.1, 0.15) is 11.6 Å². The van der Waals surface area contributed by atoms with Crippen molar-refractivity contribution in [1.82, 2.24) is 9.97 Å². The van der Waals surface area contributed by atoms with Gasteiger partial charge in [0, 0.05) is 6.07 Å². The second-order valence-electron chi connectivity index (χ2n) is 4.00. The Kier molecular flexibility index (Phi) is 3.48. The second kappa shape index (κ2) is 4.90. The molecule has 0 spiro atoms. The molecule has 94 valence electrons. The first-order valence-corrected chi connectivity index (χ1v) is 5.80. The Hall–Kier alpha value is -1.68. The van der Waals surface area contributed by atoms with Crippen LogP contribution in [-0.4, -0.2) is 9.97 Å². The molecule has 0 fully saturated rings. The van der Waals surface area contributed by atoms with Crippen LogP contribution in [0.3, 0.4) is 0 Å². The predicted molar refractivity (Wildman–Crippen MR) is 67.7 cm³/mol. The van der Waals surface area contributed by atoms with Crippen LogP contribution < -0.4 is 4.74 Å². The molecule has 0 bridgehead atoms. The molecule has 18 heavy (non-hydrogen) atoms. The van der Waals surface area contributed by atoms with Crippen LogP contribution >= 0.6 is 11.6 Å². The van der Waals surface area contributed by atoms with Crippen molar-refractivity contribution >= 4 is 11.6 Å². The Morgan fingerprint density at radius 1 is 1.11 bits per heavy atom. The average molecular weight is 267 g/mol. The number of ether oxygens (including phenoxy) is 1. The standard InChI is InChI=1S/C13H12ClFN2O/c1-7-4-5-10(15)6-11(7)18-13-12(14)16-8(2)9(3)17-13/h4-6H,1-3H3. The predicted octanol–water partition coefficient (Wildman–Crippen LogP) is 3.99. The zero-order valence-corrected chi connectivity index (χ0v) is 11.0. The van der Waals surface area contributed by atoms with Crippen LogP contribution in [0.5, 0.6) is 11.6 Å². The number of aryl methyl sites for hydroxylation is 3. The number of benzene rings is 1. The Balaban J connectivity index is 2.40. The van der Waals surface area contributed by atoms with E-state index in [0.717, 1.165) is 17.0 Å². The van der Waals surface area contributed by atoms with E-state index in [2.05, 4.69) is 9.97 Å². The van der Waals surface area contributed by atoms with E-state index >= 15 is 0 Å². The molecular formula is C13H12ClFN2O. The summed E-state index contributed by atoms with van der Waals surface area (Å²) in [6, 6.07) is 4.30. The number of halogens is 2. The molecule has 0 saturated heterocycles. The molecule has 2 rings (SSSR count). The maximum Gasteiger partial charge on any atom is 0.257 e. The molecule has 0 amide bonds. The second-order valence-corrected chi connectivity index (χ2v) is 4.36. The molecule has 0 unspecified atom stereocenters. The van der Waals surface area contributed by atoms with Crippen molar-refractivity contribution in [3.63, 3.8) is 0 Å². The quantitative estimate of drug-likeness (QED) is 0.824. The first-order valence-electron chi connectivity index (χ1n) is 5.42. The lowest BCUT2D eigenvalue weighted by molar-refractivity contribution is 0.450. The van der Waals surface area contributed by atoms with Gasteiger partial charge in [0.25, 0.3) is 5.88 Å². The molecule has 0 aliphatic rings. The smallest absolute Gasteiger partial charge is 0.257 e. The van der Waals surface area contributed by atoms with Gasteiger partial charge in [-0.2, -0.15) is 0 Å². The summed E-state index contributed by atoms with van der Waals surface area (Å²) < 4.78 is 18.7. The lowest BCUT2D eigenvalue weighted by atomic mass is 10.2. The molecule has 0 aliphatic carbocycles. The van der Waals surface area contributed by atoms with Gasteiger partial charge < -0.3 is 4.74 Å². The summed E-state index contributed by atoms with van der Waals surface area (Å²) in [5, 5.41) is 0.168. The van der Waals surface area contributed by atoms with Crippen LogP contribution in [0.1, 0.15) is 17.0 Å². The fourth-order valence-electron chi connectivity index (χ4n) is 1.41. The third-order valence-electron chi connectivity index (χ3n) is 2.59. The molecule has 0 aliphatic heterocycles. The summed E-state index contributed by atoms with van der Waals surface area (Å²) in [6.45, 7) is 5.44. The number of rotatable bonds is 2. The van der Waals surface area contributed by atoms with Crippen molar-refractivity contribution in [2.24, 2.45) is 0 Å². The minimum absolute atomic E-state index is 0.168. The maximum absolute atomic E-state index is 13.1. The van der Waals surface area contributed by atoms with Gasteiger partial charge in [-0.15, -0.1) is 0 Å². The van der Waals surface area contributed by atoms with E-state index in [-0.39, 0.29) is 16.9 Å². The molecule has 2 aromatic rings. The van der Waals surface area contributed by atoms with Crippen LogP contribution in [-0.2, 0) is 0 Å². The van der Waals surface area contributed by atoms with Crippen molar-refractivity contribution < 1.29 is 9.13 Å². The van der Waals surface area contributed by atoms with Crippen molar-refractivity contribution in [1.29, 1.82) is 0 Å². The van der Waals surface area contributed by atoms with E-state index in [4.69, 9.17) is 16.3 Å². The van der Waals surface area contributed by atoms with Gasteiger partial charge in [0.15, 0.2) is 5.15 Å². The minimum atomic E-state index is -0.372. The number of hydrogen-bond donors (Lipinski definition) is 0. The fraction of sp³-hybridized carbons (Fsp3) is 0.231. The molecule has 5 heteroatoms. The summed E-state index contributed by atoms with van der Waals surface area (Å²) in [5.41, 5.74) is 2.26. The van der Waals surface area contributed by atoms with Crippen molar-refractivity contribution in [2.75, 3.05) is 0 Å². The van der Waals surface area contributed by atoms with E-state index in [1.165, 1.54) is 12.1 Å². The van der Waals surface area contributed by atoms with Gasteiger partial charge in [0.2, 0.25) is 0 Å². The highest BCUT2D eigenvalue weighted by molar-refractivity contribution is 6.30. The number of hydrogen-bond acceptors (Lipinski definition) is 3. The summed E-state index contributed by atoms with van der Waals surface area (Å²) >= 11 is 5.95. The zero-order chi connectivity index (χ0) is 13.3. The Morgan fingerprint density at radius 3 is 2.50 bits per heavy atom. The molecule has 0 N–H and O–H groups in total. The Labute approximate surface area is 110 Å². The SMILES string of the molecule is Cc1ccc(F)cc1Oc1nc(C)c(C)nc1Cl. The topological polar surface area (TPSA) is 35.0 Å². The molecular weight excluding hydrogens is 255 g/mol. The zero-order valence-electron chi connectivity index (χ0n) is 10.3. The van der Waals surface area contributed by atoms with E-state index in [1.807, 2.05) is 20.8 Å².